The molecular weight excluding hydrogens is 433 g/mol. The first-order valence-corrected chi connectivity index (χ1v) is 11.6. The van der Waals surface area contributed by atoms with E-state index in [-0.39, 0.29) is 28.1 Å². The number of halogens is 2. The molecule has 0 radical (unpaired) electrons. The number of hydrogen-bond donors (Lipinski definition) is 0. The molecule has 29 heavy (non-hydrogen) atoms. The van der Waals surface area contributed by atoms with E-state index in [2.05, 4.69) is 11.8 Å². The van der Waals surface area contributed by atoms with E-state index in [1.807, 2.05) is 0 Å². The number of piperazine rings is 1. The fraction of sp³-hybridized carbons (Fsp3) is 0.350. The predicted octanol–water partition coefficient (Wildman–Crippen LogP) is 3.35. The van der Waals surface area contributed by atoms with Gasteiger partial charge < -0.3 is 9.80 Å². The second kappa shape index (κ2) is 9.34. The number of hydrogen-bond acceptors (Lipinski definition) is 4. The molecule has 0 spiro atoms. The smallest absolute Gasteiger partial charge is 0.264 e. The summed E-state index contributed by atoms with van der Waals surface area (Å²) in [6, 6.07) is 12.6. The Bertz CT molecular complexity index is 962. The van der Waals surface area contributed by atoms with Gasteiger partial charge in [-0.2, -0.15) is 0 Å². The number of anilines is 1. The highest BCUT2D eigenvalue weighted by Crippen LogP contribution is 2.32. The quantitative estimate of drug-likeness (QED) is 0.669. The van der Waals surface area contributed by atoms with E-state index >= 15 is 0 Å². The molecule has 2 aromatic carbocycles. The third-order valence-corrected chi connectivity index (χ3v) is 7.27. The van der Waals surface area contributed by atoms with Crippen molar-refractivity contribution >= 4 is 44.8 Å². The van der Waals surface area contributed by atoms with Gasteiger partial charge in [0.2, 0.25) is 5.91 Å². The van der Waals surface area contributed by atoms with E-state index < -0.39 is 10.0 Å². The number of likely N-dealkylation sites (N-methyl/N-ethyl adjacent to an activating group) is 1. The van der Waals surface area contributed by atoms with Crippen LogP contribution in [-0.4, -0.2) is 63.4 Å². The molecular formula is C20H23Cl2N3O3S. The monoisotopic (exact) mass is 455 g/mol. The lowest BCUT2D eigenvalue weighted by atomic mass is 10.3. The maximum atomic E-state index is 13.3. The zero-order valence-corrected chi connectivity index (χ0v) is 18.4. The van der Waals surface area contributed by atoms with Crippen LogP contribution in [0.25, 0.3) is 0 Å². The van der Waals surface area contributed by atoms with Crippen LogP contribution >= 0.6 is 23.2 Å². The molecule has 3 rings (SSSR count). The zero-order valence-electron chi connectivity index (χ0n) is 16.1. The maximum absolute atomic E-state index is 13.3. The topological polar surface area (TPSA) is 60.9 Å². The zero-order chi connectivity index (χ0) is 21.0. The van der Waals surface area contributed by atoms with Crippen molar-refractivity contribution in [2.75, 3.05) is 43.6 Å². The fourth-order valence-corrected chi connectivity index (χ4v) is 5.25. The minimum Gasteiger partial charge on any atom is -0.339 e. The van der Waals surface area contributed by atoms with Crippen LogP contribution in [0.3, 0.4) is 0 Å². The minimum absolute atomic E-state index is 0.0922. The van der Waals surface area contributed by atoms with Crippen molar-refractivity contribution in [1.29, 1.82) is 0 Å². The Kier molecular flexibility index (Phi) is 7.05. The molecule has 0 aliphatic carbocycles. The number of carbonyl (C=O) groups excluding carboxylic acids is 1. The molecule has 1 aliphatic heterocycles. The summed E-state index contributed by atoms with van der Waals surface area (Å²) in [6.45, 7) is 5.36. The Morgan fingerprint density at radius 2 is 1.69 bits per heavy atom. The van der Waals surface area contributed by atoms with Crippen molar-refractivity contribution in [3.63, 3.8) is 0 Å². The van der Waals surface area contributed by atoms with Crippen LogP contribution < -0.4 is 4.31 Å². The first-order valence-electron chi connectivity index (χ1n) is 9.36. The Morgan fingerprint density at radius 1 is 1.03 bits per heavy atom. The number of amides is 1. The Morgan fingerprint density at radius 3 is 2.28 bits per heavy atom. The molecule has 0 saturated carbocycles. The highest BCUT2D eigenvalue weighted by Gasteiger charge is 2.31. The Labute approximate surface area is 181 Å². The molecule has 0 unspecified atom stereocenters. The molecule has 1 heterocycles. The average molecular weight is 456 g/mol. The number of benzene rings is 2. The highest BCUT2D eigenvalue weighted by molar-refractivity contribution is 7.92. The summed E-state index contributed by atoms with van der Waals surface area (Å²) in [5.41, 5.74) is 0.223. The third kappa shape index (κ3) is 5.04. The van der Waals surface area contributed by atoms with E-state index in [0.717, 1.165) is 23.9 Å². The van der Waals surface area contributed by atoms with E-state index in [0.29, 0.717) is 18.1 Å². The fourth-order valence-electron chi connectivity index (χ4n) is 3.24. The van der Waals surface area contributed by atoms with E-state index in [1.54, 1.807) is 29.2 Å². The number of rotatable bonds is 6. The summed E-state index contributed by atoms with van der Waals surface area (Å²) in [6.07, 6.45) is 0. The van der Waals surface area contributed by atoms with Crippen LogP contribution in [-0.2, 0) is 14.8 Å². The molecule has 1 aliphatic rings. The lowest BCUT2D eigenvalue weighted by Crippen LogP contribution is -2.51. The van der Waals surface area contributed by atoms with Gasteiger partial charge in [-0.3, -0.25) is 9.10 Å². The molecule has 9 heteroatoms. The Hall–Kier alpha value is -1.80. The molecule has 2 aromatic rings. The molecule has 1 saturated heterocycles. The third-order valence-electron chi connectivity index (χ3n) is 4.96. The molecule has 6 nitrogen and oxygen atoms in total. The molecule has 1 fully saturated rings. The van der Waals surface area contributed by atoms with Crippen molar-refractivity contribution in [2.45, 2.75) is 11.8 Å². The summed E-state index contributed by atoms with van der Waals surface area (Å²) >= 11 is 12.3. The summed E-state index contributed by atoms with van der Waals surface area (Å²) in [4.78, 5) is 17.0. The summed E-state index contributed by atoms with van der Waals surface area (Å²) in [5.74, 6) is -0.258. The van der Waals surface area contributed by atoms with E-state index in [1.165, 1.54) is 24.3 Å². The largest absolute Gasteiger partial charge is 0.339 e. The number of sulfonamides is 1. The van der Waals surface area contributed by atoms with Gasteiger partial charge in [-0.25, -0.2) is 8.42 Å². The molecule has 1 amide bonds. The SMILES string of the molecule is CCN1CCN(C(=O)CN(c2ccc(Cl)cc2Cl)S(=O)(=O)c2ccccc2)CC1. The van der Waals surface area contributed by atoms with Crippen LogP contribution in [0.2, 0.25) is 10.0 Å². The van der Waals surface area contributed by atoms with Gasteiger partial charge in [0.05, 0.1) is 15.6 Å². The molecule has 156 valence electrons. The van der Waals surface area contributed by atoms with Gasteiger partial charge in [0.1, 0.15) is 6.54 Å². The summed E-state index contributed by atoms with van der Waals surface area (Å²) < 4.78 is 27.7. The van der Waals surface area contributed by atoms with Gasteiger partial charge in [-0.15, -0.1) is 0 Å². The second-order valence-electron chi connectivity index (χ2n) is 6.74. The first kappa shape index (κ1) is 21.9. The van der Waals surface area contributed by atoms with Crippen LogP contribution in [0, 0.1) is 0 Å². The lowest BCUT2D eigenvalue weighted by molar-refractivity contribution is -0.131. The second-order valence-corrected chi connectivity index (χ2v) is 9.44. The van der Waals surface area contributed by atoms with Crippen LogP contribution in [0.1, 0.15) is 6.92 Å². The van der Waals surface area contributed by atoms with Crippen molar-refractivity contribution in [1.82, 2.24) is 9.80 Å². The van der Waals surface area contributed by atoms with Crippen LogP contribution in [0.15, 0.2) is 53.4 Å². The first-order chi connectivity index (χ1) is 13.8. The van der Waals surface area contributed by atoms with Crippen molar-refractivity contribution in [3.05, 3.63) is 58.6 Å². The highest BCUT2D eigenvalue weighted by atomic mass is 35.5. The van der Waals surface area contributed by atoms with Gasteiger partial charge in [0.15, 0.2) is 0 Å². The number of nitrogens with zero attached hydrogens (tertiary/aromatic N) is 3. The Balaban J connectivity index is 1.92. The van der Waals surface area contributed by atoms with Gasteiger partial charge >= 0.3 is 0 Å². The van der Waals surface area contributed by atoms with Gasteiger partial charge in [0.25, 0.3) is 10.0 Å². The van der Waals surface area contributed by atoms with E-state index in [9.17, 15) is 13.2 Å². The van der Waals surface area contributed by atoms with Crippen molar-refractivity contribution < 1.29 is 13.2 Å². The van der Waals surface area contributed by atoms with Crippen molar-refractivity contribution in [2.24, 2.45) is 0 Å². The van der Waals surface area contributed by atoms with Gasteiger partial charge in [-0.1, -0.05) is 48.3 Å². The predicted molar refractivity (Wildman–Crippen MR) is 116 cm³/mol. The molecule has 0 aromatic heterocycles. The average Bonchev–Trinajstić information content (AvgIpc) is 2.73. The molecule has 0 bridgehead atoms. The normalized spacial score (nSPS) is 15.3. The molecule has 0 N–H and O–H groups in total. The molecule has 0 atom stereocenters. The summed E-state index contributed by atoms with van der Waals surface area (Å²) in [7, 11) is -3.99. The van der Waals surface area contributed by atoms with Gasteiger partial charge in [0, 0.05) is 31.2 Å². The lowest BCUT2D eigenvalue weighted by Gasteiger charge is -2.35. The van der Waals surface area contributed by atoms with Crippen molar-refractivity contribution in [3.8, 4) is 0 Å². The van der Waals surface area contributed by atoms with E-state index in [4.69, 9.17) is 23.2 Å². The van der Waals surface area contributed by atoms with Crippen LogP contribution in [0.4, 0.5) is 5.69 Å². The van der Waals surface area contributed by atoms with Gasteiger partial charge in [-0.05, 0) is 36.9 Å². The number of carbonyl (C=O) groups is 1. The minimum atomic E-state index is -3.99. The van der Waals surface area contributed by atoms with Crippen LogP contribution in [0.5, 0.6) is 0 Å². The standard InChI is InChI=1S/C20H23Cl2N3O3S/c1-2-23-10-12-24(13-11-23)20(26)15-25(19-9-8-16(21)14-18(19)22)29(27,28)17-6-4-3-5-7-17/h3-9,14H,2,10-13,15H2,1H3. The maximum Gasteiger partial charge on any atom is 0.264 e. The summed E-state index contributed by atoms with van der Waals surface area (Å²) in [5, 5.41) is 0.554.